The lowest BCUT2D eigenvalue weighted by Gasteiger charge is -1.94. The Kier molecular flexibility index (Phi) is 1.58. The van der Waals surface area contributed by atoms with Gasteiger partial charge in [-0.25, -0.2) is 4.79 Å². The van der Waals surface area contributed by atoms with Crippen molar-refractivity contribution < 1.29 is 4.42 Å². The standard InChI is InChI=1S/C8H5BrNO2/c1-4-2-6-7(3-5(4)9)12-8(11)10-6/h2-3H,1H2,(H,10,11). The van der Waals surface area contributed by atoms with E-state index in [0.29, 0.717) is 11.1 Å². The average Bonchev–Trinajstić information content (AvgIpc) is 2.30. The molecule has 0 spiro atoms. The summed E-state index contributed by atoms with van der Waals surface area (Å²) < 4.78 is 5.67. The van der Waals surface area contributed by atoms with E-state index in [1.165, 1.54) is 0 Å². The van der Waals surface area contributed by atoms with Gasteiger partial charge in [0.25, 0.3) is 0 Å². The highest BCUT2D eigenvalue weighted by molar-refractivity contribution is 9.10. The van der Waals surface area contributed by atoms with E-state index in [0.717, 1.165) is 10.0 Å². The van der Waals surface area contributed by atoms with E-state index in [4.69, 9.17) is 4.42 Å². The lowest BCUT2D eigenvalue weighted by atomic mass is 10.2. The Balaban J connectivity index is 2.92. The van der Waals surface area contributed by atoms with Crippen LogP contribution >= 0.6 is 15.9 Å². The molecule has 1 heterocycles. The fraction of sp³-hybridized carbons (Fsp3) is 0. The second-order valence-corrected chi connectivity index (χ2v) is 3.31. The maximum Gasteiger partial charge on any atom is 0.417 e. The number of aromatic nitrogens is 1. The first-order valence-corrected chi connectivity index (χ1v) is 4.10. The second-order valence-electron chi connectivity index (χ2n) is 2.45. The molecule has 0 unspecified atom stereocenters. The molecule has 3 nitrogen and oxygen atoms in total. The Labute approximate surface area is 76.5 Å². The van der Waals surface area contributed by atoms with E-state index in [9.17, 15) is 4.79 Å². The van der Waals surface area contributed by atoms with Crippen molar-refractivity contribution in [1.29, 1.82) is 0 Å². The van der Waals surface area contributed by atoms with Crippen LogP contribution in [0.4, 0.5) is 0 Å². The molecule has 0 atom stereocenters. The van der Waals surface area contributed by atoms with Gasteiger partial charge >= 0.3 is 5.76 Å². The first-order chi connectivity index (χ1) is 5.66. The number of halogens is 1. The van der Waals surface area contributed by atoms with E-state index >= 15 is 0 Å². The molecule has 0 saturated carbocycles. The number of benzene rings is 1. The van der Waals surface area contributed by atoms with Crippen LogP contribution in [0.3, 0.4) is 0 Å². The maximum atomic E-state index is 10.8. The number of hydrogen-bond acceptors (Lipinski definition) is 2. The van der Waals surface area contributed by atoms with Crippen LogP contribution in [0, 0.1) is 6.92 Å². The lowest BCUT2D eigenvalue weighted by molar-refractivity contribution is 0.555. The number of oxazole rings is 1. The van der Waals surface area contributed by atoms with Gasteiger partial charge in [-0.3, -0.25) is 4.98 Å². The van der Waals surface area contributed by atoms with Gasteiger partial charge in [0.15, 0.2) is 5.58 Å². The van der Waals surface area contributed by atoms with Gasteiger partial charge in [-0.05, 0) is 24.6 Å². The summed E-state index contributed by atoms with van der Waals surface area (Å²) in [6.45, 7) is 3.77. The predicted molar refractivity (Wildman–Crippen MR) is 49.0 cm³/mol. The quantitative estimate of drug-likeness (QED) is 0.748. The Hall–Kier alpha value is -1.03. The molecule has 0 bridgehead atoms. The second kappa shape index (κ2) is 2.48. The number of hydrogen-bond donors (Lipinski definition) is 1. The molecule has 0 fully saturated rings. The number of rotatable bonds is 0. The van der Waals surface area contributed by atoms with Gasteiger partial charge < -0.3 is 4.42 Å². The lowest BCUT2D eigenvalue weighted by Crippen LogP contribution is -1.92. The topological polar surface area (TPSA) is 46.0 Å². The van der Waals surface area contributed by atoms with Gasteiger partial charge in [-0.15, -0.1) is 0 Å². The van der Waals surface area contributed by atoms with Crippen LogP contribution in [-0.4, -0.2) is 4.98 Å². The summed E-state index contributed by atoms with van der Waals surface area (Å²) in [5, 5.41) is 0. The predicted octanol–water partition coefficient (Wildman–Crippen LogP) is 2.07. The number of H-pyrrole nitrogens is 1. The molecular formula is C8H5BrNO2. The minimum Gasteiger partial charge on any atom is -0.408 e. The van der Waals surface area contributed by atoms with Crippen LogP contribution in [0.25, 0.3) is 11.1 Å². The van der Waals surface area contributed by atoms with Crippen molar-refractivity contribution in [3.63, 3.8) is 0 Å². The highest BCUT2D eigenvalue weighted by atomic mass is 79.9. The van der Waals surface area contributed by atoms with Gasteiger partial charge in [0.05, 0.1) is 5.52 Å². The van der Waals surface area contributed by atoms with Crippen molar-refractivity contribution in [2.75, 3.05) is 0 Å². The van der Waals surface area contributed by atoms with E-state index in [1.54, 1.807) is 12.1 Å². The number of nitrogens with one attached hydrogen (secondary N) is 1. The zero-order valence-electron chi connectivity index (χ0n) is 6.06. The summed E-state index contributed by atoms with van der Waals surface area (Å²) in [6.07, 6.45) is 0. The van der Waals surface area contributed by atoms with Crippen LogP contribution in [0.15, 0.2) is 25.8 Å². The van der Waals surface area contributed by atoms with Gasteiger partial charge in [0, 0.05) is 4.47 Å². The van der Waals surface area contributed by atoms with Gasteiger partial charge in [-0.1, -0.05) is 15.9 Å². The van der Waals surface area contributed by atoms with Gasteiger partial charge in [0.1, 0.15) is 0 Å². The molecule has 2 rings (SSSR count). The smallest absolute Gasteiger partial charge is 0.408 e. The highest BCUT2D eigenvalue weighted by Gasteiger charge is 2.03. The third kappa shape index (κ3) is 1.08. The third-order valence-corrected chi connectivity index (χ3v) is 2.33. The molecule has 0 aliphatic heterocycles. The average molecular weight is 227 g/mol. The van der Waals surface area contributed by atoms with Crippen LogP contribution in [0.5, 0.6) is 0 Å². The van der Waals surface area contributed by atoms with Crippen LogP contribution in [0.2, 0.25) is 0 Å². The Morgan fingerprint density at radius 1 is 1.50 bits per heavy atom. The monoisotopic (exact) mass is 226 g/mol. The van der Waals surface area contributed by atoms with Crippen molar-refractivity contribution in [2.45, 2.75) is 0 Å². The molecule has 0 saturated heterocycles. The summed E-state index contributed by atoms with van der Waals surface area (Å²) in [4.78, 5) is 13.3. The van der Waals surface area contributed by atoms with Crippen molar-refractivity contribution in [3.05, 3.63) is 39.6 Å². The molecule has 12 heavy (non-hydrogen) atoms. The van der Waals surface area contributed by atoms with Crippen LogP contribution in [0.1, 0.15) is 5.56 Å². The summed E-state index contributed by atoms with van der Waals surface area (Å²) in [7, 11) is 0. The summed E-state index contributed by atoms with van der Waals surface area (Å²) >= 11 is 3.29. The fourth-order valence-corrected chi connectivity index (χ4v) is 1.34. The molecule has 1 radical (unpaired) electrons. The van der Waals surface area contributed by atoms with Crippen molar-refractivity contribution in [1.82, 2.24) is 4.98 Å². The van der Waals surface area contributed by atoms with Gasteiger partial charge in [-0.2, -0.15) is 0 Å². The minimum absolute atomic E-state index is 0.442. The molecule has 0 aliphatic rings. The maximum absolute atomic E-state index is 10.8. The molecule has 1 aromatic heterocycles. The minimum atomic E-state index is -0.442. The molecule has 61 valence electrons. The first kappa shape index (κ1) is 7.61. The number of aromatic amines is 1. The van der Waals surface area contributed by atoms with Crippen LogP contribution in [-0.2, 0) is 0 Å². The van der Waals surface area contributed by atoms with Crippen molar-refractivity contribution in [3.8, 4) is 0 Å². The Morgan fingerprint density at radius 2 is 2.25 bits per heavy atom. The van der Waals surface area contributed by atoms with E-state index in [-0.39, 0.29) is 0 Å². The van der Waals surface area contributed by atoms with Crippen molar-refractivity contribution >= 4 is 27.0 Å². The summed E-state index contributed by atoms with van der Waals surface area (Å²) in [5.74, 6) is -0.442. The van der Waals surface area contributed by atoms with E-state index < -0.39 is 5.76 Å². The van der Waals surface area contributed by atoms with E-state index in [2.05, 4.69) is 27.8 Å². The molecule has 0 amide bonds. The molecule has 2 aromatic rings. The molecule has 1 aromatic carbocycles. The zero-order chi connectivity index (χ0) is 8.72. The summed E-state index contributed by atoms with van der Waals surface area (Å²) in [5.41, 5.74) is 2.03. The fourth-order valence-electron chi connectivity index (χ4n) is 1.02. The molecule has 1 N–H and O–H groups in total. The Bertz CT molecular complexity index is 441. The largest absolute Gasteiger partial charge is 0.417 e. The van der Waals surface area contributed by atoms with Crippen molar-refractivity contribution in [2.24, 2.45) is 0 Å². The molecule has 4 heteroatoms. The Morgan fingerprint density at radius 3 is 3.00 bits per heavy atom. The van der Waals surface area contributed by atoms with Gasteiger partial charge in [0.2, 0.25) is 0 Å². The van der Waals surface area contributed by atoms with Crippen LogP contribution < -0.4 is 5.76 Å². The normalized spacial score (nSPS) is 10.8. The highest BCUT2D eigenvalue weighted by Crippen LogP contribution is 2.21. The zero-order valence-corrected chi connectivity index (χ0v) is 7.64. The SMILES string of the molecule is [CH2]c1cc2[nH]c(=O)oc2cc1Br. The first-order valence-electron chi connectivity index (χ1n) is 3.31. The molecular weight excluding hydrogens is 222 g/mol. The molecule has 0 aliphatic carbocycles. The van der Waals surface area contributed by atoms with E-state index in [1.807, 2.05) is 0 Å². The third-order valence-electron chi connectivity index (χ3n) is 1.59. The summed E-state index contributed by atoms with van der Waals surface area (Å²) in [6, 6.07) is 3.47. The number of fused-ring (bicyclic) bond motifs is 1.